The lowest BCUT2D eigenvalue weighted by Gasteiger charge is -2.27. The largest absolute Gasteiger partial charge is 0.494 e. The second-order valence-electron chi connectivity index (χ2n) is 9.66. The monoisotopic (exact) mass is 491 g/mol. The zero-order chi connectivity index (χ0) is 25.3. The Balaban J connectivity index is 1.38. The van der Waals surface area contributed by atoms with Crippen molar-refractivity contribution >= 4 is 5.91 Å². The Labute approximate surface area is 213 Å². The third-order valence-electron chi connectivity index (χ3n) is 6.15. The summed E-state index contributed by atoms with van der Waals surface area (Å²) in [6.07, 6.45) is 0.314. The number of hydrogen-bond donors (Lipinski definition) is 1. The van der Waals surface area contributed by atoms with Crippen LogP contribution in [0.3, 0.4) is 0 Å². The summed E-state index contributed by atoms with van der Waals surface area (Å²) in [5.41, 5.74) is 3.13. The average molecular weight is 492 g/mol. The zero-order valence-electron chi connectivity index (χ0n) is 21.6. The summed E-state index contributed by atoms with van der Waals surface area (Å²) in [5.74, 6) is 2.14. The predicted molar refractivity (Wildman–Crippen MR) is 139 cm³/mol. The smallest absolute Gasteiger partial charge is 0.246 e. The van der Waals surface area contributed by atoms with Crippen molar-refractivity contribution in [3.63, 3.8) is 0 Å². The first-order chi connectivity index (χ1) is 17.5. The van der Waals surface area contributed by atoms with Gasteiger partial charge in [-0.3, -0.25) is 9.69 Å². The number of amides is 1. The lowest BCUT2D eigenvalue weighted by Crippen LogP contribution is -2.42. The van der Waals surface area contributed by atoms with Crippen LogP contribution in [0, 0.1) is 5.92 Å². The molecule has 0 bridgehead atoms. The van der Waals surface area contributed by atoms with Gasteiger partial charge in [-0.25, -0.2) is 0 Å². The number of hydrogen-bond acceptors (Lipinski definition) is 7. The molecule has 4 rings (SSSR count). The van der Waals surface area contributed by atoms with Gasteiger partial charge in [0.1, 0.15) is 12.3 Å². The van der Waals surface area contributed by atoms with Crippen LogP contribution in [-0.4, -0.2) is 65.2 Å². The molecular formula is C28H37N5O3. The zero-order valence-corrected chi connectivity index (χ0v) is 21.6. The van der Waals surface area contributed by atoms with Crippen molar-refractivity contribution in [2.75, 3.05) is 39.3 Å². The highest BCUT2D eigenvalue weighted by molar-refractivity contribution is 5.78. The highest BCUT2D eigenvalue weighted by atomic mass is 16.5. The summed E-state index contributed by atoms with van der Waals surface area (Å²) in [4.78, 5) is 22.0. The first-order valence-electron chi connectivity index (χ1n) is 12.8. The molecule has 3 aromatic rings. The third kappa shape index (κ3) is 7.38. The highest BCUT2D eigenvalue weighted by Gasteiger charge is 2.20. The Morgan fingerprint density at radius 2 is 1.78 bits per heavy atom. The van der Waals surface area contributed by atoms with Crippen LogP contribution in [-0.2, 0) is 24.3 Å². The van der Waals surface area contributed by atoms with Gasteiger partial charge in [-0.2, -0.15) is 4.98 Å². The van der Waals surface area contributed by atoms with E-state index in [-0.39, 0.29) is 5.91 Å². The fourth-order valence-electron chi connectivity index (χ4n) is 4.34. The summed E-state index contributed by atoms with van der Waals surface area (Å²) >= 11 is 0. The van der Waals surface area contributed by atoms with E-state index in [1.165, 1.54) is 5.56 Å². The van der Waals surface area contributed by atoms with Crippen molar-refractivity contribution in [3.05, 3.63) is 65.5 Å². The van der Waals surface area contributed by atoms with E-state index < -0.39 is 0 Å². The Kier molecular flexibility index (Phi) is 9.08. The minimum Gasteiger partial charge on any atom is -0.494 e. The number of benzene rings is 2. The van der Waals surface area contributed by atoms with Crippen LogP contribution in [0.4, 0.5) is 0 Å². The SMILES string of the molecule is CCOc1ccc(CC(=O)N(Cc2nc(-c3ccc(CN4CCNCC4)cc3)no2)CC(C)C)cc1. The average Bonchev–Trinajstić information content (AvgIpc) is 3.34. The molecule has 0 atom stereocenters. The van der Waals surface area contributed by atoms with Gasteiger partial charge < -0.3 is 19.5 Å². The maximum Gasteiger partial charge on any atom is 0.246 e. The molecule has 0 saturated carbocycles. The number of ether oxygens (including phenoxy) is 1. The molecule has 0 radical (unpaired) electrons. The van der Waals surface area contributed by atoms with E-state index in [2.05, 4.69) is 46.3 Å². The molecule has 2 aromatic carbocycles. The van der Waals surface area contributed by atoms with Crippen LogP contribution >= 0.6 is 0 Å². The molecule has 1 aromatic heterocycles. The van der Waals surface area contributed by atoms with Gasteiger partial charge >= 0.3 is 0 Å². The number of carbonyl (C=O) groups excluding carboxylic acids is 1. The van der Waals surface area contributed by atoms with Crippen LogP contribution in [0.5, 0.6) is 5.75 Å². The Morgan fingerprint density at radius 3 is 2.44 bits per heavy atom. The van der Waals surface area contributed by atoms with E-state index in [1.807, 2.05) is 43.3 Å². The Bertz CT molecular complexity index is 1090. The van der Waals surface area contributed by atoms with E-state index in [1.54, 1.807) is 4.90 Å². The molecular weight excluding hydrogens is 454 g/mol. The van der Waals surface area contributed by atoms with Crippen molar-refractivity contribution in [1.29, 1.82) is 0 Å². The van der Waals surface area contributed by atoms with Gasteiger partial charge in [0.25, 0.3) is 0 Å². The van der Waals surface area contributed by atoms with Gasteiger partial charge in [-0.05, 0) is 36.1 Å². The molecule has 2 heterocycles. The molecule has 0 unspecified atom stereocenters. The topological polar surface area (TPSA) is 83.7 Å². The molecule has 1 aliphatic heterocycles. The van der Waals surface area contributed by atoms with Crippen LogP contribution in [0.25, 0.3) is 11.4 Å². The van der Waals surface area contributed by atoms with Crippen LogP contribution in [0.15, 0.2) is 53.1 Å². The lowest BCUT2D eigenvalue weighted by atomic mass is 10.1. The Hall–Kier alpha value is -3.23. The third-order valence-corrected chi connectivity index (χ3v) is 6.15. The summed E-state index contributed by atoms with van der Waals surface area (Å²) in [6.45, 7) is 12.8. The van der Waals surface area contributed by atoms with Gasteiger partial charge in [0.15, 0.2) is 0 Å². The summed E-state index contributed by atoms with van der Waals surface area (Å²) in [7, 11) is 0. The molecule has 1 aliphatic rings. The molecule has 1 saturated heterocycles. The van der Waals surface area contributed by atoms with Crippen LogP contribution < -0.4 is 10.1 Å². The summed E-state index contributed by atoms with van der Waals surface area (Å²) < 4.78 is 11.0. The molecule has 1 N–H and O–H groups in total. The molecule has 1 fully saturated rings. The van der Waals surface area contributed by atoms with Crippen molar-refractivity contribution in [2.45, 2.75) is 40.3 Å². The minimum atomic E-state index is 0.0323. The Morgan fingerprint density at radius 1 is 1.08 bits per heavy atom. The van der Waals surface area contributed by atoms with E-state index in [0.717, 1.165) is 49.6 Å². The summed E-state index contributed by atoms with van der Waals surface area (Å²) in [5, 5.41) is 7.56. The molecule has 192 valence electrons. The second-order valence-corrected chi connectivity index (χ2v) is 9.66. The van der Waals surface area contributed by atoms with E-state index in [4.69, 9.17) is 9.26 Å². The molecule has 1 amide bonds. The number of piperazine rings is 1. The normalized spacial score (nSPS) is 14.2. The fraction of sp³-hybridized carbons (Fsp3) is 0.464. The van der Waals surface area contributed by atoms with Gasteiger partial charge in [-0.15, -0.1) is 0 Å². The molecule has 0 aliphatic carbocycles. The van der Waals surface area contributed by atoms with Crippen molar-refractivity contribution in [1.82, 2.24) is 25.3 Å². The number of nitrogens with one attached hydrogen (secondary N) is 1. The molecule has 8 nitrogen and oxygen atoms in total. The van der Waals surface area contributed by atoms with Crippen molar-refractivity contribution in [3.8, 4) is 17.1 Å². The van der Waals surface area contributed by atoms with E-state index in [0.29, 0.717) is 43.8 Å². The van der Waals surface area contributed by atoms with Crippen LogP contribution in [0.1, 0.15) is 37.8 Å². The van der Waals surface area contributed by atoms with Crippen molar-refractivity contribution < 1.29 is 14.1 Å². The lowest BCUT2D eigenvalue weighted by molar-refractivity contribution is -0.132. The highest BCUT2D eigenvalue weighted by Crippen LogP contribution is 2.19. The van der Waals surface area contributed by atoms with E-state index in [9.17, 15) is 4.79 Å². The predicted octanol–water partition coefficient (Wildman–Crippen LogP) is 3.77. The standard InChI is InChI=1S/C28H37N5O3/c1-4-35-25-11-7-22(8-12-25)17-27(34)33(18-21(2)3)20-26-30-28(31-36-26)24-9-5-23(6-10-24)19-32-15-13-29-14-16-32/h5-12,21,29H,4,13-20H2,1-3H3. The van der Waals surface area contributed by atoms with Gasteiger partial charge in [0.05, 0.1) is 13.0 Å². The molecule has 8 heteroatoms. The van der Waals surface area contributed by atoms with Crippen molar-refractivity contribution in [2.24, 2.45) is 5.92 Å². The number of nitrogens with zero attached hydrogens (tertiary/aromatic N) is 4. The second kappa shape index (κ2) is 12.6. The van der Waals surface area contributed by atoms with E-state index >= 15 is 0 Å². The number of carbonyl (C=O) groups is 1. The maximum atomic E-state index is 13.1. The number of rotatable bonds is 11. The van der Waals surface area contributed by atoms with Crippen LogP contribution in [0.2, 0.25) is 0 Å². The molecule has 36 heavy (non-hydrogen) atoms. The van der Waals surface area contributed by atoms with Gasteiger partial charge in [0.2, 0.25) is 17.6 Å². The number of aromatic nitrogens is 2. The van der Waals surface area contributed by atoms with Gasteiger partial charge in [0, 0.05) is 44.8 Å². The first-order valence-corrected chi connectivity index (χ1v) is 12.8. The van der Waals surface area contributed by atoms with Gasteiger partial charge in [-0.1, -0.05) is 55.4 Å². The maximum absolute atomic E-state index is 13.1. The minimum absolute atomic E-state index is 0.0323. The summed E-state index contributed by atoms with van der Waals surface area (Å²) in [6, 6.07) is 16.0. The molecule has 0 spiro atoms. The first kappa shape index (κ1) is 25.9. The fourth-order valence-corrected chi connectivity index (χ4v) is 4.34. The quantitative estimate of drug-likeness (QED) is 0.437.